The Morgan fingerprint density at radius 3 is 2.48 bits per heavy atom. The molecule has 3 heteroatoms. The summed E-state index contributed by atoms with van der Waals surface area (Å²) in [5.41, 5.74) is 4.37. The first-order valence-electron chi connectivity index (χ1n) is 9.30. The number of Topliss-reactive ketones (excluding diaryl/α,β-unsaturated/α-hetero) is 1. The smallest absolute Gasteiger partial charge is 0.160 e. The molecule has 3 atom stereocenters. The Bertz CT molecular complexity index is 694. The van der Waals surface area contributed by atoms with Crippen molar-refractivity contribution in [2.45, 2.75) is 78.1 Å². The number of aryl methyl sites for hydroxylation is 1. The maximum absolute atomic E-state index is 12.2. The average Bonchev–Trinajstić information content (AvgIpc) is 2.53. The number of hydrogen-bond donors (Lipinski definition) is 0. The van der Waals surface area contributed by atoms with Crippen LogP contribution in [0.5, 0.6) is 0 Å². The van der Waals surface area contributed by atoms with Gasteiger partial charge in [0.2, 0.25) is 0 Å². The molecule has 1 aromatic carbocycles. The van der Waals surface area contributed by atoms with E-state index in [-0.39, 0.29) is 49.3 Å². The van der Waals surface area contributed by atoms with E-state index in [1.807, 2.05) is 0 Å². The number of fused-ring (bicyclic) bond motifs is 3. The molecule has 3 unspecified atom stereocenters. The molecule has 1 fully saturated rings. The van der Waals surface area contributed by atoms with E-state index < -0.39 is 0 Å². The Morgan fingerprint density at radius 2 is 1.92 bits per heavy atom. The van der Waals surface area contributed by atoms with Crippen LogP contribution in [0.1, 0.15) is 93.3 Å². The van der Waals surface area contributed by atoms with Crippen molar-refractivity contribution in [3.8, 4) is 0 Å². The predicted octanol–water partition coefficient (Wildman–Crippen LogP) is 5.13. The normalized spacial score (nSPS) is 30.9. The predicted molar refractivity (Wildman–Crippen MR) is 97.4 cm³/mol. The molecule has 2 aliphatic rings. The van der Waals surface area contributed by atoms with Crippen LogP contribution in [0.4, 0.5) is 0 Å². The van der Waals surface area contributed by atoms with Crippen LogP contribution in [-0.2, 0) is 49.3 Å². The summed E-state index contributed by atoms with van der Waals surface area (Å²) in [4.78, 5) is 24.0. The van der Waals surface area contributed by atoms with Crippen molar-refractivity contribution < 1.29 is 42.3 Å². The van der Waals surface area contributed by atoms with Crippen molar-refractivity contribution in [3.05, 3.63) is 34.4 Å². The van der Waals surface area contributed by atoms with Crippen LogP contribution in [0, 0.1) is 11.3 Å². The third kappa shape index (κ3) is 3.34. The van der Waals surface area contributed by atoms with Gasteiger partial charge < -0.3 is 4.79 Å². The van der Waals surface area contributed by atoms with Gasteiger partial charge in [-0.25, -0.2) is 0 Å². The van der Waals surface area contributed by atoms with Gasteiger partial charge in [0.15, 0.2) is 5.78 Å². The van der Waals surface area contributed by atoms with Crippen LogP contribution in [0.3, 0.4) is 0 Å². The van der Waals surface area contributed by atoms with E-state index in [2.05, 4.69) is 46.1 Å². The molecule has 133 valence electrons. The Kier molecular flexibility index (Phi) is 6.17. The van der Waals surface area contributed by atoms with Gasteiger partial charge in [-0.2, -0.15) is 0 Å². The molecule has 0 N–H and O–H groups in total. The number of carbonyl (C=O) groups is 1. The van der Waals surface area contributed by atoms with Crippen molar-refractivity contribution in [1.29, 1.82) is 0 Å². The fourth-order valence-corrected chi connectivity index (χ4v) is 5.44. The van der Waals surface area contributed by atoms with Crippen molar-refractivity contribution in [1.82, 2.24) is 0 Å². The molecule has 0 heterocycles. The zero-order chi connectivity index (χ0) is 17.7. The van der Waals surface area contributed by atoms with E-state index in [0.717, 1.165) is 37.7 Å². The standard InChI is InChI=1S/C22H29O2.Y/c1-14(2)17-11-16-7-8-20-21(4,13-23)9-6-10-22(20,5)19(16)12-18(17)15(3)24;/h11-12,14,20H,6-10H2,1-5H3;/q-1;. The summed E-state index contributed by atoms with van der Waals surface area (Å²) in [5, 5.41) is 0. The van der Waals surface area contributed by atoms with Gasteiger partial charge in [0, 0.05) is 38.3 Å². The van der Waals surface area contributed by atoms with Crippen molar-refractivity contribution >= 4 is 12.1 Å². The Labute approximate surface area is 177 Å². The molecule has 3 rings (SSSR count). The molecule has 0 amide bonds. The zero-order valence-corrected chi connectivity index (χ0v) is 19.1. The Morgan fingerprint density at radius 1 is 1.24 bits per heavy atom. The molecule has 0 saturated heterocycles. The molecule has 0 aromatic heterocycles. The monoisotopic (exact) mass is 414 g/mol. The number of ketones is 1. The number of carbonyl (C=O) groups excluding carboxylic acids is 2. The quantitative estimate of drug-likeness (QED) is 0.508. The van der Waals surface area contributed by atoms with Gasteiger partial charge >= 0.3 is 0 Å². The van der Waals surface area contributed by atoms with Crippen molar-refractivity contribution in [3.63, 3.8) is 0 Å². The van der Waals surface area contributed by atoms with E-state index in [0.29, 0.717) is 11.8 Å². The second-order valence-corrected chi connectivity index (χ2v) is 8.69. The van der Waals surface area contributed by atoms with Crippen LogP contribution in [-0.4, -0.2) is 12.1 Å². The molecule has 0 bridgehead atoms. The van der Waals surface area contributed by atoms with Crippen LogP contribution in [0.25, 0.3) is 0 Å². The Hall–Kier alpha value is -0.336. The minimum atomic E-state index is -0.349. The fourth-order valence-electron chi connectivity index (χ4n) is 5.44. The largest absolute Gasteiger partial charge is 0.541 e. The molecule has 2 nitrogen and oxygen atoms in total. The third-order valence-electron chi connectivity index (χ3n) is 6.76. The average molecular weight is 414 g/mol. The van der Waals surface area contributed by atoms with Gasteiger partial charge in [0.1, 0.15) is 0 Å². The molecule has 25 heavy (non-hydrogen) atoms. The first-order chi connectivity index (χ1) is 11.2. The maximum atomic E-state index is 12.2. The summed E-state index contributed by atoms with van der Waals surface area (Å²) >= 11 is 0. The van der Waals surface area contributed by atoms with Gasteiger partial charge in [-0.05, 0) is 60.3 Å². The Balaban J connectivity index is 0.00000225. The fraction of sp³-hybridized carbons (Fsp3) is 0.636. The second-order valence-electron chi connectivity index (χ2n) is 8.69. The van der Waals surface area contributed by atoms with Gasteiger partial charge in [-0.3, -0.25) is 11.1 Å². The minimum Gasteiger partial charge on any atom is -0.541 e. The van der Waals surface area contributed by atoms with Gasteiger partial charge in [0.25, 0.3) is 0 Å². The molecule has 1 radical (unpaired) electrons. The summed E-state index contributed by atoms with van der Waals surface area (Å²) in [6.45, 7) is 10.4. The first kappa shape index (κ1) is 21.0. The molecular weight excluding hydrogens is 385 g/mol. The van der Waals surface area contributed by atoms with Gasteiger partial charge in [-0.15, -0.1) is 5.41 Å². The molecule has 2 aliphatic carbocycles. The summed E-state index contributed by atoms with van der Waals surface area (Å²) in [6, 6.07) is 4.43. The number of hydrogen-bond acceptors (Lipinski definition) is 2. The molecular formula is C22H29O2Y-. The minimum absolute atomic E-state index is 0. The van der Waals surface area contributed by atoms with Crippen LogP contribution < -0.4 is 0 Å². The van der Waals surface area contributed by atoms with E-state index >= 15 is 0 Å². The van der Waals surface area contributed by atoms with Gasteiger partial charge in [-0.1, -0.05) is 52.5 Å². The van der Waals surface area contributed by atoms with Crippen LogP contribution in [0.15, 0.2) is 12.1 Å². The second kappa shape index (κ2) is 7.35. The number of rotatable bonds is 3. The zero-order valence-electron chi connectivity index (χ0n) is 16.2. The first-order valence-corrected chi connectivity index (χ1v) is 9.30. The van der Waals surface area contributed by atoms with Gasteiger partial charge in [0.05, 0.1) is 0 Å². The molecule has 1 saturated carbocycles. The summed E-state index contributed by atoms with van der Waals surface area (Å²) < 4.78 is 0. The molecule has 1 aromatic rings. The molecule has 0 spiro atoms. The number of benzene rings is 1. The van der Waals surface area contributed by atoms with E-state index in [4.69, 9.17) is 0 Å². The SMILES string of the molecule is CC(=O)c1cc2c(cc1C(C)C)CCC1C(C)([C-]=O)CCCC21C.[Y]. The van der Waals surface area contributed by atoms with E-state index in [1.165, 1.54) is 16.7 Å². The van der Waals surface area contributed by atoms with E-state index in [9.17, 15) is 9.59 Å². The summed E-state index contributed by atoms with van der Waals surface area (Å²) in [6.07, 6.45) is 7.53. The third-order valence-corrected chi connectivity index (χ3v) is 6.76. The molecule has 0 aliphatic heterocycles. The summed E-state index contributed by atoms with van der Waals surface area (Å²) in [7, 11) is 0. The van der Waals surface area contributed by atoms with E-state index in [1.54, 1.807) is 6.92 Å². The van der Waals surface area contributed by atoms with Crippen molar-refractivity contribution in [2.75, 3.05) is 0 Å². The topological polar surface area (TPSA) is 34.1 Å². The summed E-state index contributed by atoms with van der Waals surface area (Å²) in [5.74, 6) is 0.820. The maximum Gasteiger partial charge on any atom is 0.160 e. The van der Waals surface area contributed by atoms with Crippen LogP contribution in [0.2, 0.25) is 0 Å². The van der Waals surface area contributed by atoms with Crippen LogP contribution >= 0.6 is 0 Å². The van der Waals surface area contributed by atoms with Crippen molar-refractivity contribution in [2.24, 2.45) is 11.3 Å².